The molecule has 2 heterocycles. The molecule has 0 bridgehead atoms. The van der Waals surface area contributed by atoms with Crippen molar-refractivity contribution in [3.63, 3.8) is 0 Å². The molecular weight excluding hydrogens is 214 g/mol. The molecule has 0 saturated carbocycles. The first kappa shape index (κ1) is 9.84. The number of carbonyl (C=O) groups excluding carboxylic acids is 1. The van der Waals surface area contributed by atoms with Gasteiger partial charge in [-0.3, -0.25) is 9.78 Å². The molecule has 1 aliphatic rings. The second-order valence-corrected chi connectivity index (χ2v) is 3.90. The Kier molecular flexibility index (Phi) is 2.26. The number of carbonyl (C=O) groups is 1. The summed E-state index contributed by atoms with van der Waals surface area (Å²) in [5, 5.41) is 6.06. The topological polar surface area (TPSA) is 54.0 Å². The van der Waals surface area contributed by atoms with E-state index < -0.39 is 0 Å². The highest BCUT2D eigenvalue weighted by molar-refractivity contribution is 6.03. The van der Waals surface area contributed by atoms with Crippen LogP contribution in [0.2, 0.25) is 0 Å². The third-order valence-corrected chi connectivity index (χ3v) is 2.77. The maximum absolute atomic E-state index is 12.0. The summed E-state index contributed by atoms with van der Waals surface area (Å²) in [5.74, 6) is -0.0464. The largest absolute Gasteiger partial charge is 0.367 e. The van der Waals surface area contributed by atoms with E-state index >= 15 is 0 Å². The number of anilines is 2. The highest BCUT2D eigenvalue weighted by Gasteiger charge is 2.26. The normalized spacial score (nSPS) is 17.9. The Morgan fingerprint density at radius 2 is 1.88 bits per heavy atom. The van der Waals surface area contributed by atoms with Gasteiger partial charge in [-0.1, -0.05) is 30.3 Å². The molecule has 17 heavy (non-hydrogen) atoms. The summed E-state index contributed by atoms with van der Waals surface area (Å²) in [6, 6.07) is 11.1. The number of hydrogen-bond acceptors (Lipinski definition) is 3. The SMILES string of the molecule is O=C1Nc2ccncc2N[C@H]1c1ccccc1. The third kappa shape index (κ3) is 1.73. The first-order valence-corrected chi connectivity index (χ1v) is 5.41. The molecular formula is C13H11N3O. The van der Waals surface area contributed by atoms with Crippen molar-refractivity contribution in [2.75, 3.05) is 10.6 Å². The Bertz CT molecular complexity index is 554. The summed E-state index contributed by atoms with van der Waals surface area (Å²) in [4.78, 5) is 16.0. The lowest BCUT2D eigenvalue weighted by Crippen LogP contribution is -2.31. The van der Waals surface area contributed by atoms with Gasteiger partial charge >= 0.3 is 0 Å². The molecule has 3 rings (SSSR count). The molecule has 1 aliphatic heterocycles. The molecule has 1 atom stereocenters. The molecule has 2 aromatic rings. The highest BCUT2D eigenvalue weighted by atomic mass is 16.2. The standard InChI is InChI=1S/C13H11N3O/c17-13-12(9-4-2-1-3-5-9)15-11-8-14-7-6-10(11)16-13/h1-8,12,15H,(H,16,17)/t12-/m0/s1. The van der Waals surface area contributed by atoms with Crippen molar-refractivity contribution < 1.29 is 4.79 Å². The predicted octanol–water partition coefficient (Wildman–Crippen LogP) is 2.19. The lowest BCUT2D eigenvalue weighted by Gasteiger charge is -2.26. The quantitative estimate of drug-likeness (QED) is 0.782. The predicted molar refractivity (Wildman–Crippen MR) is 65.7 cm³/mol. The summed E-state index contributed by atoms with van der Waals surface area (Å²) in [6.07, 6.45) is 3.37. The monoisotopic (exact) mass is 225 g/mol. The summed E-state index contributed by atoms with van der Waals surface area (Å²) >= 11 is 0. The molecule has 1 aromatic heterocycles. The number of rotatable bonds is 1. The Balaban J connectivity index is 1.98. The lowest BCUT2D eigenvalue weighted by molar-refractivity contribution is -0.117. The molecule has 0 aliphatic carbocycles. The first-order chi connectivity index (χ1) is 8.34. The number of aromatic nitrogens is 1. The maximum atomic E-state index is 12.0. The zero-order valence-electron chi connectivity index (χ0n) is 9.05. The van der Waals surface area contributed by atoms with Crippen LogP contribution in [-0.4, -0.2) is 10.9 Å². The molecule has 0 fully saturated rings. The average Bonchev–Trinajstić information content (AvgIpc) is 2.39. The maximum Gasteiger partial charge on any atom is 0.251 e. The van der Waals surface area contributed by atoms with E-state index in [0.29, 0.717) is 0 Å². The Labute approximate surface area is 98.7 Å². The van der Waals surface area contributed by atoms with Crippen molar-refractivity contribution in [2.45, 2.75) is 6.04 Å². The fourth-order valence-electron chi connectivity index (χ4n) is 1.92. The van der Waals surface area contributed by atoms with Gasteiger partial charge in [0, 0.05) is 6.20 Å². The van der Waals surface area contributed by atoms with E-state index in [2.05, 4.69) is 15.6 Å². The first-order valence-electron chi connectivity index (χ1n) is 5.41. The number of hydrogen-bond donors (Lipinski definition) is 2. The van der Waals surface area contributed by atoms with Crippen molar-refractivity contribution in [1.29, 1.82) is 0 Å². The Hall–Kier alpha value is -2.36. The molecule has 0 unspecified atom stereocenters. The summed E-state index contributed by atoms with van der Waals surface area (Å²) in [6.45, 7) is 0. The van der Waals surface area contributed by atoms with E-state index in [-0.39, 0.29) is 11.9 Å². The average molecular weight is 225 g/mol. The zero-order chi connectivity index (χ0) is 11.7. The van der Waals surface area contributed by atoms with Crippen molar-refractivity contribution in [3.8, 4) is 0 Å². The summed E-state index contributed by atoms with van der Waals surface area (Å²) in [5.41, 5.74) is 2.57. The van der Waals surface area contributed by atoms with Crippen LogP contribution in [0.15, 0.2) is 48.8 Å². The van der Waals surface area contributed by atoms with Crippen LogP contribution in [0.5, 0.6) is 0 Å². The van der Waals surface area contributed by atoms with Crippen molar-refractivity contribution in [3.05, 3.63) is 54.4 Å². The van der Waals surface area contributed by atoms with Gasteiger partial charge in [-0.15, -0.1) is 0 Å². The molecule has 4 heteroatoms. The van der Waals surface area contributed by atoms with Crippen LogP contribution in [0.3, 0.4) is 0 Å². The lowest BCUT2D eigenvalue weighted by atomic mass is 10.0. The van der Waals surface area contributed by atoms with Gasteiger partial charge in [0.05, 0.1) is 17.6 Å². The van der Waals surface area contributed by atoms with Crippen molar-refractivity contribution in [2.24, 2.45) is 0 Å². The molecule has 1 amide bonds. The van der Waals surface area contributed by atoms with Crippen LogP contribution < -0.4 is 10.6 Å². The molecule has 84 valence electrons. The summed E-state index contributed by atoms with van der Waals surface area (Å²) < 4.78 is 0. The minimum Gasteiger partial charge on any atom is -0.367 e. The van der Waals surface area contributed by atoms with Gasteiger partial charge in [0.2, 0.25) is 0 Å². The highest BCUT2D eigenvalue weighted by Crippen LogP contribution is 2.30. The van der Waals surface area contributed by atoms with Gasteiger partial charge in [-0.2, -0.15) is 0 Å². The molecule has 4 nitrogen and oxygen atoms in total. The van der Waals surface area contributed by atoms with Gasteiger partial charge in [0.1, 0.15) is 6.04 Å². The van der Waals surface area contributed by atoms with E-state index in [0.717, 1.165) is 16.9 Å². The van der Waals surface area contributed by atoms with Gasteiger partial charge in [0.25, 0.3) is 5.91 Å². The van der Waals surface area contributed by atoms with E-state index in [9.17, 15) is 4.79 Å². The third-order valence-electron chi connectivity index (χ3n) is 2.77. The number of nitrogens with one attached hydrogen (secondary N) is 2. The minimum atomic E-state index is -0.354. The number of amides is 1. The molecule has 0 spiro atoms. The van der Waals surface area contributed by atoms with Crippen LogP contribution in [0.4, 0.5) is 11.4 Å². The molecule has 0 saturated heterocycles. The molecule has 1 aromatic carbocycles. The van der Waals surface area contributed by atoms with Gasteiger partial charge in [0.15, 0.2) is 0 Å². The second-order valence-electron chi connectivity index (χ2n) is 3.90. The number of benzene rings is 1. The van der Waals surface area contributed by atoms with Gasteiger partial charge in [-0.25, -0.2) is 0 Å². The Morgan fingerprint density at radius 1 is 1.06 bits per heavy atom. The van der Waals surface area contributed by atoms with E-state index in [1.807, 2.05) is 30.3 Å². The smallest absolute Gasteiger partial charge is 0.251 e. The van der Waals surface area contributed by atoms with E-state index in [1.165, 1.54) is 0 Å². The fourth-order valence-corrected chi connectivity index (χ4v) is 1.92. The van der Waals surface area contributed by atoms with Crippen LogP contribution in [0.25, 0.3) is 0 Å². The van der Waals surface area contributed by atoms with E-state index in [1.54, 1.807) is 18.5 Å². The number of pyridine rings is 1. The zero-order valence-corrected chi connectivity index (χ0v) is 9.05. The molecule has 2 N–H and O–H groups in total. The minimum absolute atomic E-state index is 0.0464. The summed E-state index contributed by atoms with van der Waals surface area (Å²) in [7, 11) is 0. The van der Waals surface area contributed by atoms with Crippen LogP contribution in [-0.2, 0) is 4.79 Å². The van der Waals surface area contributed by atoms with Crippen molar-refractivity contribution in [1.82, 2.24) is 4.98 Å². The van der Waals surface area contributed by atoms with Crippen LogP contribution >= 0.6 is 0 Å². The second kappa shape index (κ2) is 3.90. The fraction of sp³-hybridized carbons (Fsp3) is 0.0769. The molecule has 0 radical (unpaired) electrons. The van der Waals surface area contributed by atoms with Crippen molar-refractivity contribution >= 4 is 17.3 Å². The van der Waals surface area contributed by atoms with Gasteiger partial charge in [-0.05, 0) is 11.6 Å². The van der Waals surface area contributed by atoms with Crippen LogP contribution in [0.1, 0.15) is 11.6 Å². The Morgan fingerprint density at radius 3 is 2.71 bits per heavy atom. The van der Waals surface area contributed by atoms with Crippen LogP contribution in [0, 0.1) is 0 Å². The van der Waals surface area contributed by atoms with E-state index in [4.69, 9.17) is 0 Å². The van der Waals surface area contributed by atoms with Gasteiger partial charge < -0.3 is 10.6 Å². The number of nitrogens with zero attached hydrogens (tertiary/aromatic N) is 1. The number of fused-ring (bicyclic) bond motifs is 1.